The zero-order valence-corrected chi connectivity index (χ0v) is 12.0. The van der Waals surface area contributed by atoms with Gasteiger partial charge in [-0.25, -0.2) is 0 Å². The molecule has 0 bridgehead atoms. The van der Waals surface area contributed by atoms with Gasteiger partial charge in [0, 0.05) is 12.2 Å². The number of hydrogen-bond acceptors (Lipinski definition) is 4. The number of carbonyl (C=O) groups is 1. The molecule has 3 N–H and O–H groups in total. The highest BCUT2D eigenvalue weighted by Crippen LogP contribution is 2.25. The summed E-state index contributed by atoms with van der Waals surface area (Å²) in [6.45, 7) is 0.478. The van der Waals surface area contributed by atoms with Crippen molar-refractivity contribution in [2.45, 2.75) is 50.4 Å². The molecule has 0 spiro atoms. The van der Waals surface area contributed by atoms with Gasteiger partial charge < -0.3 is 20.5 Å². The molecule has 1 amide bonds. The van der Waals surface area contributed by atoms with Crippen LogP contribution in [0.1, 0.15) is 32.1 Å². The number of hydrogen-bond donors (Lipinski definition) is 3. The maximum atomic E-state index is 12.0. The Morgan fingerprint density at radius 1 is 1.24 bits per heavy atom. The van der Waals surface area contributed by atoms with Crippen LogP contribution in [-0.2, 0) is 4.79 Å². The molecule has 1 aromatic carbocycles. The standard InChI is InChI=1S/C16H22N2O3/c19-12-9-15(17-10-12)16(20)18-11-5-7-14(8-6-11)21-13-3-1-2-4-13/h5-8,12-13,15,17,19H,1-4,9-10H2,(H,18,20). The highest BCUT2D eigenvalue weighted by Gasteiger charge is 2.27. The van der Waals surface area contributed by atoms with Crippen LogP contribution in [0.15, 0.2) is 24.3 Å². The summed E-state index contributed by atoms with van der Waals surface area (Å²) in [6, 6.07) is 7.19. The first-order chi connectivity index (χ1) is 10.2. The van der Waals surface area contributed by atoms with E-state index >= 15 is 0 Å². The van der Waals surface area contributed by atoms with Gasteiger partial charge in [-0.2, -0.15) is 0 Å². The van der Waals surface area contributed by atoms with Gasteiger partial charge in [-0.1, -0.05) is 0 Å². The van der Waals surface area contributed by atoms with E-state index in [0.717, 1.165) is 24.3 Å². The first-order valence-electron chi connectivity index (χ1n) is 7.70. The highest BCUT2D eigenvalue weighted by atomic mass is 16.5. The van der Waals surface area contributed by atoms with Crippen molar-refractivity contribution in [1.82, 2.24) is 5.32 Å². The van der Waals surface area contributed by atoms with Crippen LogP contribution >= 0.6 is 0 Å². The number of aliphatic hydroxyl groups is 1. The Kier molecular flexibility index (Phi) is 4.41. The lowest BCUT2D eigenvalue weighted by Gasteiger charge is -2.14. The Morgan fingerprint density at radius 3 is 2.57 bits per heavy atom. The van der Waals surface area contributed by atoms with E-state index in [9.17, 15) is 9.90 Å². The van der Waals surface area contributed by atoms with Gasteiger partial charge in [-0.15, -0.1) is 0 Å². The van der Waals surface area contributed by atoms with Crippen molar-refractivity contribution >= 4 is 11.6 Å². The normalized spacial score (nSPS) is 26.0. The molecule has 2 aliphatic rings. The third-order valence-electron chi connectivity index (χ3n) is 4.15. The molecule has 2 fully saturated rings. The number of β-amino-alcohol motifs (C(OH)–C–C–N with tert-alkyl or cyclic N) is 1. The van der Waals surface area contributed by atoms with Crippen molar-refractivity contribution in [3.63, 3.8) is 0 Å². The second-order valence-electron chi connectivity index (χ2n) is 5.89. The number of ether oxygens (including phenoxy) is 1. The van der Waals surface area contributed by atoms with Crippen LogP contribution in [0.4, 0.5) is 5.69 Å². The molecule has 5 heteroatoms. The SMILES string of the molecule is O=C(Nc1ccc(OC2CCCC2)cc1)C1CC(O)CN1. The van der Waals surface area contributed by atoms with E-state index in [1.165, 1.54) is 12.8 Å². The largest absolute Gasteiger partial charge is 0.490 e. The Labute approximate surface area is 124 Å². The fraction of sp³-hybridized carbons (Fsp3) is 0.562. The molecule has 1 aromatic rings. The smallest absolute Gasteiger partial charge is 0.241 e. The van der Waals surface area contributed by atoms with Crippen molar-refractivity contribution in [2.75, 3.05) is 11.9 Å². The molecule has 2 atom stereocenters. The van der Waals surface area contributed by atoms with E-state index in [1.807, 2.05) is 24.3 Å². The van der Waals surface area contributed by atoms with Crippen molar-refractivity contribution in [3.05, 3.63) is 24.3 Å². The van der Waals surface area contributed by atoms with Gasteiger partial charge in [0.05, 0.1) is 18.2 Å². The quantitative estimate of drug-likeness (QED) is 0.789. The van der Waals surface area contributed by atoms with Gasteiger partial charge in [-0.05, 0) is 56.4 Å². The Morgan fingerprint density at radius 2 is 1.95 bits per heavy atom. The summed E-state index contributed by atoms with van der Waals surface area (Å²) in [6.07, 6.45) is 5.15. The van der Waals surface area contributed by atoms with Crippen molar-refractivity contribution in [1.29, 1.82) is 0 Å². The van der Waals surface area contributed by atoms with Crippen LogP contribution in [0.5, 0.6) is 5.75 Å². The molecular weight excluding hydrogens is 268 g/mol. The maximum Gasteiger partial charge on any atom is 0.241 e. The van der Waals surface area contributed by atoms with E-state index < -0.39 is 6.10 Å². The van der Waals surface area contributed by atoms with Crippen LogP contribution in [0.3, 0.4) is 0 Å². The Hall–Kier alpha value is -1.59. The van der Waals surface area contributed by atoms with E-state index in [1.54, 1.807) is 0 Å². The molecule has 0 aromatic heterocycles. The average molecular weight is 290 g/mol. The summed E-state index contributed by atoms with van der Waals surface area (Å²) in [5.74, 6) is 0.755. The van der Waals surface area contributed by atoms with Crippen LogP contribution in [0.25, 0.3) is 0 Å². The molecule has 3 rings (SSSR count). The number of aliphatic hydroxyl groups excluding tert-OH is 1. The summed E-state index contributed by atoms with van der Waals surface area (Å²) >= 11 is 0. The first kappa shape index (κ1) is 14.4. The van der Waals surface area contributed by atoms with Crippen LogP contribution < -0.4 is 15.4 Å². The van der Waals surface area contributed by atoms with E-state index in [2.05, 4.69) is 10.6 Å². The topological polar surface area (TPSA) is 70.6 Å². The fourth-order valence-corrected chi connectivity index (χ4v) is 2.96. The lowest BCUT2D eigenvalue weighted by Crippen LogP contribution is -2.35. The maximum absolute atomic E-state index is 12.0. The number of nitrogens with one attached hydrogen (secondary N) is 2. The van der Waals surface area contributed by atoms with Crippen LogP contribution in [-0.4, -0.2) is 35.8 Å². The van der Waals surface area contributed by atoms with E-state index in [0.29, 0.717) is 19.1 Å². The number of anilines is 1. The molecule has 1 aliphatic heterocycles. The molecule has 114 valence electrons. The molecule has 1 heterocycles. The molecule has 2 unspecified atom stereocenters. The van der Waals surface area contributed by atoms with Crippen LogP contribution in [0.2, 0.25) is 0 Å². The van der Waals surface area contributed by atoms with Crippen molar-refractivity contribution in [3.8, 4) is 5.75 Å². The minimum atomic E-state index is -0.428. The minimum Gasteiger partial charge on any atom is -0.490 e. The predicted molar refractivity (Wildman–Crippen MR) is 80.4 cm³/mol. The summed E-state index contributed by atoms with van der Waals surface area (Å²) in [5.41, 5.74) is 0.752. The monoisotopic (exact) mass is 290 g/mol. The third-order valence-corrected chi connectivity index (χ3v) is 4.15. The van der Waals surface area contributed by atoms with Gasteiger partial charge in [0.1, 0.15) is 5.75 Å². The third kappa shape index (κ3) is 3.74. The molecule has 1 aliphatic carbocycles. The highest BCUT2D eigenvalue weighted by molar-refractivity contribution is 5.95. The van der Waals surface area contributed by atoms with Gasteiger partial charge in [0.15, 0.2) is 0 Å². The number of carbonyl (C=O) groups excluding carboxylic acids is 1. The second kappa shape index (κ2) is 6.45. The van der Waals surface area contributed by atoms with Gasteiger partial charge in [-0.3, -0.25) is 4.79 Å². The predicted octanol–water partition coefficient (Wildman–Crippen LogP) is 1.67. The van der Waals surface area contributed by atoms with Crippen LogP contribution in [0, 0.1) is 0 Å². The zero-order valence-electron chi connectivity index (χ0n) is 12.0. The molecule has 1 saturated carbocycles. The van der Waals surface area contributed by atoms with E-state index in [4.69, 9.17) is 4.74 Å². The summed E-state index contributed by atoms with van der Waals surface area (Å²) in [7, 11) is 0. The number of amides is 1. The molecule has 5 nitrogen and oxygen atoms in total. The molecule has 21 heavy (non-hydrogen) atoms. The summed E-state index contributed by atoms with van der Waals surface area (Å²) in [5, 5.41) is 15.3. The van der Waals surface area contributed by atoms with Gasteiger partial charge >= 0.3 is 0 Å². The lowest BCUT2D eigenvalue weighted by atomic mass is 10.2. The number of benzene rings is 1. The van der Waals surface area contributed by atoms with Crippen molar-refractivity contribution < 1.29 is 14.6 Å². The number of rotatable bonds is 4. The summed E-state index contributed by atoms with van der Waals surface area (Å²) in [4.78, 5) is 12.0. The first-order valence-corrected chi connectivity index (χ1v) is 7.70. The van der Waals surface area contributed by atoms with E-state index in [-0.39, 0.29) is 11.9 Å². The fourth-order valence-electron chi connectivity index (χ4n) is 2.96. The molecular formula is C16H22N2O3. The molecule has 1 saturated heterocycles. The van der Waals surface area contributed by atoms with Gasteiger partial charge in [0.2, 0.25) is 5.91 Å². The summed E-state index contributed by atoms with van der Waals surface area (Å²) < 4.78 is 5.89. The lowest BCUT2D eigenvalue weighted by molar-refractivity contribution is -0.117. The zero-order chi connectivity index (χ0) is 14.7. The Balaban J connectivity index is 1.53. The van der Waals surface area contributed by atoms with Crippen molar-refractivity contribution in [2.24, 2.45) is 0 Å². The second-order valence-corrected chi connectivity index (χ2v) is 5.89. The minimum absolute atomic E-state index is 0.101. The van der Waals surface area contributed by atoms with Gasteiger partial charge in [0.25, 0.3) is 0 Å². The molecule has 0 radical (unpaired) electrons. The average Bonchev–Trinajstić information content (AvgIpc) is 3.12. The Bertz CT molecular complexity index is 483.